The number of aliphatic hydroxyl groups is 1. The number of rotatable bonds is 8. The highest BCUT2D eigenvalue weighted by Gasteiger charge is 2.46. The van der Waals surface area contributed by atoms with Crippen LogP contribution in [0.5, 0.6) is 0 Å². The van der Waals surface area contributed by atoms with E-state index in [0.717, 1.165) is 17.5 Å². The van der Waals surface area contributed by atoms with Gasteiger partial charge in [-0.3, -0.25) is 14.5 Å². The Bertz CT molecular complexity index is 1500. The molecule has 0 bridgehead atoms. The number of amides is 1. The minimum atomic E-state index is -0.896. The molecule has 0 saturated heterocycles. The highest BCUT2D eigenvalue weighted by atomic mass is 35.5. The second-order valence-corrected chi connectivity index (χ2v) is 11.1. The largest absolute Gasteiger partial charge is 0.503 e. The van der Waals surface area contributed by atoms with Crippen LogP contribution in [0.2, 0.25) is 10.0 Å². The third-order valence-corrected chi connectivity index (χ3v) is 8.56. The van der Waals surface area contributed by atoms with Gasteiger partial charge in [0.25, 0.3) is 5.91 Å². The molecule has 1 atom stereocenters. The summed E-state index contributed by atoms with van der Waals surface area (Å²) in [6, 6.07) is 15.0. The summed E-state index contributed by atoms with van der Waals surface area (Å²) in [5, 5.41) is 20.7. The van der Waals surface area contributed by atoms with Crippen molar-refractivity contribution in [3.8, 4) is 0 Å². The summed E-state index contributed by atoms with van der Waals surface area (Å²) in [6.45, 7) is 2.04. The summed E-state index contributed by atoms with van der Waals surface area (Å²) < 4.78 is 5.87. The Morgan fingerprint density at radius 3 is 2.62 bits per heavy atom. The van der Waals surface area contributed by atoms with E-state index in [1.807, 2.05) is 37.3 Å². The lowest BCUT2D eigenvalue weighted by Gasteiger charge is -2.24. The number of carbonyl (C=O) groups excluding carboxylic acids is 2. The maximum Gasteiger partial charge on any atom is 0.296 e. The van der Waals surface area contributed by atoms with Crippen molar-refractivity contribution in [3.63, 3.8) is 0 Å². The molecule has 4 aromatic rings. The van der Waals surface area contributed by atoms with Gasteiger partial charge in [0.15, 0.2) is 15.9 Å². The number of carbonyl (C=O) groups is 2. The van der Waals surface area contributed by atoms with Gasteiger partial charge in [-0.25, -0.2) is 0 Å². The topological polar surface area (TPSA) is 96.5 Å². The van der Waals surface area contributed by atoms with Gasteiger partial charge in [0.1, 0.15) is 0 Å². The molecule has 1 N–H and O–H groups in total. The number of anilines is 1. The van der Waals surface area contributed by atoms with Gasteiger partial charge in [0.05, 0.1) is 17.9 Å². The van der Waals surface area contributed by atoms with Crippen molar-refractivity contribution in [1.82, 2.24) is 10.2 Å². The number of benzene rings is 2. The molecule has 3 heterocycles. The van der Waals surface area contributed by atoms with E-state index in [4.69, 9.17) is 27.6 Å². The Kier molecular flexibility index (Phi) is 7.39. The van der Waals surface area contributed by atoms with E-state index in [1.54, 1.807) is 18.2 Å². The fourth-order valence-corrected chi connectivity index (χ4v) is 6.39. The number of nitrogens with zero attached hydrogens (tertiary/aromatic N) is 3. The molecule has 1 unspecified atom stereocenters. The van der Waals surface area contributed by atoms with Gasteiger partial charge in [0.2, 0.25) is 10.9 Å². The zero-order valence-corrected chi connectivity index (χ0v) is 22.5. The number of furan rings is 1. The Morgan fingerprint density at radius 1 is 1.16 bits per heavy atom. The van der Waals surface area contributed by atoms with Crippen LogP contribution in [0.4, 0.5) is 5.13 Å². The third-order valence-electron chi connectivity index (χ3n) is 5.87. The minimum Gasteiger partial charge on any atom is -0.503 e. The maximum atomic E-state index is 13.3. The average Bonchev–Trinajstić information content (AvgIpc) is 3.64. The summed E-state index contributed by atoms with van der Waals surface area (Å²) in [5.74, 6) is -1.39. The fourth-order valence-electron chi connectivity index (χ4n) is 3.96. The normalized spacial score (nSPS) is 15.6. The first-order chi connectivity index (χ1) is 17.9. The lowest BCUT2D eigenvalue weighted by Crippen LogP contribution is -2.31. The van der Waals surface area contributed by atoms with Crippen LogP contribution >= 0.6 is 46.3 Å². The molecule has 1 aliphatic rings. The summed E-state index contributed by atoms with van der Waals surface area (Å²) in [7, 11) is 0. The van der Waals surface area contributed by atoms with Crippen LogP contribution in [0, 0.1) is 0 Å². The lowest BCUT2D eigenvalue weighted by atomic mass is 9.94. The van der Waals surface area contributed by atoms with Crippen LogP contribution in [0.3, 0.4) is 0 Å². The number of thioether (sulfide) groups is 1. The molecule has 0 radical (unpaired) electrons. The summed E-state index contributed by atoms with van der Waals surface area (Å²) in [5.41, 5.74) is 2.56. The van der Waals surface area contributed by atoms with Crippen molar-refractivity contribution in [2.24, 2.45) is 0 Å². The Hall–Kier alpha value is -3.11. The zero-order valence-electron chi connectivity index (χ0n) is 19.4. The van der Waals surface area contributed by atoms with Gasteiger partial charge in [-0.05, 0) is 47.4 Å². The first-order valence-corrected chi connectivity index (χ1v) is 13.8. The summed E-state index contributed by atoms with van der Waals surface area (Å²) >= 11 is 14.8. The highest BCUT2D eigenvalue weighted by Crippen LogP contribution is 2.44. The Balaban J connectivity index is 1.48. The molecule has 0 spiro atoms. The van der Waals surface area contributed by atoms with Crippen LogP contribution in [0.25, 0.3) is 0 Å². The molecule has 0 saturated carbocycles. The van der Waals surface area contributed by atoms with E-state index in [2.05, 4.69) is 10.2 Å². The molecule has 11 heteroatoms. The van der Waals surface area contributed by atoms with Gasteiger partial charge in [-0.15, -0.1) is 10.2 Å². The van der Waals surface area contributed by atoms with Crippen molar-refractivity contribution in [2.75, 3.05) is 4.90 Å². The van der Waals surface area contributed by atoms with Gasteiger partial charge in [-0.1, -0.05) is 83.6 Å². The number of aromatic nitrogens is 2. The lowest BCUT2D eigenvalue weighted by molar-refractivity contribution is -0.117. The molecule has 37 heavy (non-hydrogen) atoms. The molecule has 1 aliphatic heterocycles. The quantitative estimate of drug-likeness (QED) is 0.137. The molecule has 0 fully saturated rings. The SMILES string of the molecule is CCc1ccc(C2C(C(=O)c3ccco3)=C(O)C(=O)N2c2nnc(SCc3ccc(Cl)cc3Cl)s2)cc1. The van der Waals surface area contributed by atoms with Crippen molar-refractivity contribution in [2.45, 2.75) is 29.5 Å². The Labute approximate surface area is 230 Å². The van der Waals surface area contributed by atoms with Gasteiger partial charge in [0, 0.05) is 15.8 Å². The molecule has 1 amide bonds. The maximum absolute atomic E-state index is 13.3. The molecule has 7 nitrogen and oxygen atoms in total. The van der Waals surface area contributed by atoms with Crippen LogP contribution in [-0.4, -0.2) is 27.0 Å². The summed E-state index contributed by atoms with van der Waals surface area (Å²) in [6.07, 6.45) is 2.20. The number of halogens is 2. The summed E-state index contributed by atoms with van der Waals surface area (Å²) in [4.78, 5) is 27.9. The van der Waals surface area contributed by atoms with Crippen LogP contribution in [-0.2, 0) is 17.0 Å². The first-order valence-electron chi connectivity index (χ1n) is 11.2. The van der Waals surface area contributed by atoms with Gasteiger partial charge in [-0.2, -0.15) is 0 Å². The van der Waals surface area contributed by atoms with Crippen LogP contribution in [0.1, 0.15) is 40.2 Å². The number of aliphatic hydroxyl groups excluding tert-OH is 1. The monoisotopic (exact) mass is 571 g/mol. The standard InChI is InChI=1S/C26H19Cl2N3O4S2/c1-2-14-5-7-15(8-6-14)21-20(22(32)19-4-3-11-35-19)23(33)24(34)31(21)25-29-30-26(37-25)36-13-16-9-10-17(27)12-18(16)28/h3-12,21,33H,2,13H2,1H3. The van der Waals surface area contributed by atoms with E-state index in [-0.39, 0.29) is 16.5 Å². The van der Waals surface area contributed by atoms with E-state index < -0.39 is 23.5 Å². The minimum absolute atomic E-state index is 0.0275. The third kappa shape index (κ3) is 5.04. The molecule has 2 aromatic heterocycles. The number of hydrogen-bond donors (Lipinski definition) is 1. The van der Waals surface area contributed by atoms with Crippen molar-refractivity contribution >= 4 is 63.1 Å². The number of aryl methyl sites for hydroxylation is 1. The van der Waals surface area contributed by atoms with E-state index in [9.17, 15) is 14.7 Å². The predicted molar refractivity (Wildman–Crippen MR) is 145 cm³/mol. The van der Waals surface area contributed by atoms with Crippen molar-refractivity contribution in [3.05, 3.63) is 105 Å². The Morgan fingerprint density at radius 2 is 1.95 bits per heavy atom. The molecule has 5 rings (SSSR count). The number of ketones is 1. The van der Waals surface area contributed by atoms with Crippen LogP contribution in [0.15, 0.2) is 80.9 Å². The van der Waals surface area contributed by atoms with Gasteiger partial charge < -0.3 is 9.52 Å². The van der Waals surface area contributed by atoms with Crippen molar-refractivity contribution in [1.29, 1.82) is 0 Å². The predicted octanol–water partition coefficient (Wildman–Crippen LogP) is 7.08. The van der Waals surface area contributed by atoms with Gasteiger partial charge >= 0.3 is 0 Å². The van der Waals surface area contributed by atoms with E-state index >= 15 is 0 Å². The molecular weight excluding hydrogens is 553 g/mol. The van der Waals surface area contributed by atoms with Crippen LogP contribution < -0.4 is 4.90 Å². The molecular formula is C26H19Cl2N3O4S2. The molecule has 0 aliphatic carbocycles. The van der Waals surface area contributed by atoms with Crippen molar-refractivity contribution < 1.29 is 19.1 Å². The zero-order chi connectivity index (χ0) is 26.1. The fraction of sp³-hybridized carbons (Fsp3) is 0.154. The number of hydrogen-bond acceptors (Lipinski definition) is 8. The smallest absolute Gasteiger partial charge is 0.296 e. The second kappa shape index (κ2) is 10.7. The highest BCUT2D eigenvalue weighted by molar-refractivity contribution is 8.00. The first kappa shape index (κ1) is 25.5. The molecule has 188 valence electrons. The van der Waals surface area contributed by atoms with E-state index in [0.29, 0.717) is 25.7 Å². The van der Waals surface area contributed by atoms with E-state index in [1.165, 1.54) is 40.3 Å². The number of Topliss-reactive ketones (excluding diaryl/α,β-unsaturated/α-hetero) is 1. The molecule has 2 aromatic carbocycles. The average molecular weight is 572 g/mol. The second-order valence-electron chi connectivity index (χ2n) is 8.12.